The SMILES string of the molecule is O=C(CCNS(=O)(=O)c1cccnc1)N1CCCC(c2nc3ccccc3o2)C1. The molecule has 3 heterocycles. The van der Waals surface area contributed by atoms with Gasteiger partial charge in [-0.25, -0.2) is 18.1 Å². The van der Waals surface area contributed by atoms with Crippen LogP contribution in [-0.4, -0.2) is 48.8 Å². The Morgan fingerprint density at radius 3 is 2.90 bits per heavy atom. The first-order valence-electron chi connectivity index (χ1n) is 9.56. The van der Waals surface area contributed by atoms with E-state index in [9.17, 15) is 13.2 Å². The number of sulfonamides is 1. The first-order chi connectivity index (χ1) is 14.0. The number of oxazole rings is 1. The van der Waals surface area contributed by atoms with Gasteiger partial charge in [0.05, 0.1) is 5.92 Å². The Bertz CT molecular complexity index is 1060. The normalized spacial score (nSPS) is 17.5. The van der Waals surface area contributed by atoms with Crippen molar-refractivity contribution in [2.45, 2.75) is 30.1 Å². The molecule has 0 saturated carbocycles. The van der Waals surface area contributed by atoms with Crippen molar-refractivity contribution < 1.29 is 17.6 Å². The number of likely N-dealkylation sites (tertiary alicyclic amines) is 1. The van der Waals surface area contributed by atoms with Gasteiger partial charge in [0.15, 0.2) is 11.5 Å². The minimum Gasteiger partial charge on any atom is -0.440 e. The van der Waals surface area contributed by atoms with Crippen LogP contribution in [0.4, 0.5) is 0 Å². The van der Waals surface area contributed by atoms with Crippen LogP contribution in [0.15, 0.2) is 58.1 Å². The number of hydrogen-bond donors (Lipinski definition) is 1. The van der Waals surface area contributed by atoms with Crippen molar-refractivity contribution in [2.75, 3.05) is 19.6 Å². The Hall–Kier alpha value is -2.78. The highest BCUT2D eigenvalue weighted by Crippen LogP contribution is 2.29. The zero-order chi connectivity index (χ0) is 20.3. The van der Waals surface area contributed by atoms with Gasteiger partial charge in [-0.05, 0) is 37.1 Å². The fourth-order valence-electron chi connectivity index (χ4n) is 3.51. The topological polar surface area (TPSA) is 105 Å². The summed E-state index contributed by atoms with van der Waals surface area (Å²) >= 11 is 0. The highest BCUT2D eigenvalue weighted by atomic mass is 32.2. The number of piperidine rings is 1. The summed E-state index contributed by atoms with van der Waals surface area (Å²) in [5, 5.41) is 0. The van der Waals surface area contributed by atoms with Crippen LogP contribution in [0.25, 0.3) is 11.1 Å². The fourth-order valence-corrected chi connectivity index (χ4v) is 4.50. The van der Waals surface area contributed by atoms with Gasteiger partial charge in [0.1, 0.15) is 10.4 Å². The third-order valence-electron chi connectivity index (χ3n) is 5.01. The predicted octanol–water partition coefficient (Wildman–Crippen LogP) is 2.30. The molecule has 1 N–H and O–H groups in total. The molecule has 1 aliphatic rings. The molecule has 1 saturated heterocycles. The number of benzene rings is 1. The minimum absolute atomic E-state index is 0.0418. The van der Waals surface area contributed by atoms with Crippen molar-refractivity contribution in [1.29, 1.82) is 0 Å². The Kier molecular flexibility index (Phi) is 5.59. The van der Waals surface area contributed by atoms with Crippen molar-refractivity contribution in [1.82, 2.24) is 19.6 Å². The van der Waals surface area contributed by atoms with Gasteiger partial charge < -0.3 is 9.32 Å². The summed E-state index contributed by atoms with van der Waals surface area (Å²) < 4.78 is 32.8. The molecular formula is C20H22N4O4S. The van der Waals surface area contributed by atoms with Gasteiger partial charge in [-0.15, -0.1) is 0 Å². The Balaban J connectivity index is 1.34. The lowest BCUT2D eigenvalue weighted by Crippen LogP contribution is -2.40. The standard InChI is InChI=1S/C20H22N4O4S/c25-19(9-11-22-29(26,27)16-6-3-10-21-13-16)24-12-4-5-15(14-24)20-23-17-7-1-2-8-18(17)28-20/h1-3,6-8,10,13,15,22H,4-5,9,11-12,14H2. The molecule has 9 heteroatoms. The first kappa shape index (κ1) is 19.5. The second-order valence-corrected chi connectivity index (χ2v) is 8.80. The Morgan fingerprint density at radius 1 is 1.24 bits per heavy atom. The highest BCUT2D eigenvalue weighted by Gasteiger charge is 2.28. The molecular weight excluding hydrogens is 392 g/mol. The number of nitrogens with zero attached hydrogens (tertiary/aromatic N) is 3. The van der Waals surface area contributed by atoms with Crippen molar-refractivity contribution in [2.24, 2.45) is 0 Å². The molecule has 1 unspecified atom stereocenters. The molecule has 1 atom stereocenters. The summed E-state index contributed by atoms with van der Waals surface area (Å²) in [5.41, 5.74) is 1.56. The van der Waals surface area contributed by atoms with Crippen molar-refractivity contribution in [3.8, 4) is 0 Å². The second kappa shape index (κ2) is 8.30. The van der Waals surface area contributed by atoms with Crippen molar-refractivity contribution in [3.05, 3.63) is 54.7 Å². The number of rotatable bonds is 6. The Morgan fingerprint density at radius 2 is 2.10 bits per heavy atom. The van der Waals surface area contributed by atoms with E-state index in [4.69, 9.17) is 4.42 Å². The Labute approximate surface area is 169 Å². The molecule has 2 aromatic heterocycles. The van der Waals surface area contributed by atoms with E-state index in [1.807, 2.05) is 24.3 Å². The number of pyridine rings is 1. The maximum atomic E-state index is 12.6. The lowest BCUT2D eigenvalue weighted by atomic mass is 9.97. The average molecular weight is 414 g/mol. The molecule has 1 fully saturated rings. The van der Waals surface area contributed by atoms with Gasteiger partial charge in [-0.2, -0.15) is 0 Å². The van der Waals surface area contributed by atoms with Crippen LogP contribution < -0.4 is 4.72 Å². The fraction of sp³-hybridized carbons (Fsp3) is 0.350. The predicted molar refractivity (Wildman–Crippen MR) is 107 cm³/mol. The average Bonchev–Trinajstić information content (AvgIpc) is 3.19. The number of aromatic nitrogens is 2. The van der Waals surface area contributed by atoms with Crippen LogP contribution in [-0.2, 0) is 14.8 Å². The largest absolute Gasteiger partial charge is 0.440 e. The van der Waals surface area contributed by atoms with Crippen LogP contribution in [0.1, 0.15) is 31.1 Å². The van der Waals surface area contributed by atoms with Gasteiger partial charge in [-0.3, -0.25) is 9.78 Å². The van der Waals surface area contributed by atoms with Gasteiger partial charge in [-0.1, -0.05) is 12.1 Å². The van der Waals surface area contributed by atoms with Crippen LogP contribution in [0.3, 0.4) is 0 Å². The smallest absolute Gasteiger partial charge is 0.242 e. The maximum Gasteiger partial charge on any atom is 0.242 e. The van der Waals surface area contributed by atoms with Gasteiger partial charge in [0.25, 0.3) is 0 Å². The second-order valence-electron chi connectivity index (χ2n) is 7.04. The molecule has 29 heavy (non-hydrogen) atoms. The van der Waals surface area contributed by atoms with Crippen molar-refractivity contribution in [3.63, 3.8) is 0 Å². The van der Waals surface area contributed by atoms with E-state index >= 15 is 0 Å². The molecule has 3 aromatic rings. The molecule has 0 aliphatic carbocycles. The quantitative estimate of drug-likeness (QED) is 0.663. The molecule has 1 aliphatic heterocycles. The lowest BCUT2D eigenvalue weighted by Gasteiger charge is -2.31. The number of carbonyl (C=O) groups is 1. The van der Waals surface area contributed by atoms with E-state index in [0.29, 0.717) is 19.0 Å². The van der Waals surface area contributed by atoms with E-state index in [0.717, 1.165) is 23.9 Å². The van der Waals surface area contributed by atoms with E-state index in [1.165, 1.54) is 18.5 Å². The zero-order valence-corrected chi connectivity index (χ0v) is 16.6. The van der Waals surface area contributed by atoms with Gasteiger partial charge in [0.2, 0.25) is 15.9 Å². The molecule has 0 bridgehead atoms. The summed E-state index contributed by atoms with van der Waals surface area (Å²) in [5.74, 6) is 0.618. The molecule has 8 nitrogen and oxygen atoms in total. The van der Waals surface area contributed by atoms with Crippen LogP contribution in [0.5, 0.6) is 0 Å². The lowest BCUT2D eigenvalue weighted by molar-refractivity contribution is -0.132. The van der Waals surface area contributed by atoms with Crippen LogP contribution >= 0.6 is 0 Å². The van der Waals surface area contributed by atoms with E-state index in [-0.39, 0.29) is 29.7 Å². The number of fused-ring (bicyclic) bond motifs is 1. The number of para-hydroxylation sites is 2. The summed E-state index contributed by atoms with van der Waals surface area (Å²) in [6.45, 7) is 1.23. The van der Waals surface area contributed by atoms with E-state index < -0.39 is 10.0 Å². The van der Waals surface area contributed by atoms with E-state index in [2.05, 4.69) is 14.7 Å². The first-order valence-corrected chi connectivity index (χ1v) is 11.0. The molecule has 1 aromatic carbocycles. The maximum absolute atomic E-state index is 12.6. The van der Waals surface area contributed by atoms with Gasteiger partial charge in [0, 0.05) is 38.4 Å². The molecule has 4 rings (SSSR count). The number of hydrogen-bond acceptors (Lipinski definition) is 6. The summed E-state index contributed by atoms with van der Waals surface area (Å²) in [7, 11) is -3.66. The number of amides is 1. The third-order valence-corrected chi connectivity index (χ3v) is 6.46. The zero-order valence-electron chi connectivity index (χ0n) is 15.8. The molecule has 0 spiro atoms. The molecule has 1 amide bonds. The third kappa shape index (κ3) is 4.46. The van der Waals surface area contributed by atoms with Crippen LogP contribution in [0, 0.1) is 0 Å². The van der Waals surface area contributed by atoms with Gasteiger partial charge >= 0.3 is 0 Å². The summed E-state index contributed by atoms with van der Waals surface area (Å²) in [4.78, 5) is 22.8. The van der Waals surface area contributed by atoms with Crippen molar-refractivity contribution >= 4 is 27.0 Å². The monoisotopic (exact) mass is 414 g/mol. The van der Waals surface area contributed by atoms with E-state index in [1.54, 1.807) is 11.0 Å². The summed E-state index contributed by atoms with van der Waals surface area (Å²) in [6.07, 6.45) is 4.65. The molecule has 152 valence electrons. The summed E-state index contributed by atoms with van der Waals surface area (Å²) in [6, 6.07) is 10.6. The molecule has 0 radical (unpaired) electrons. The minimum atomic E-state index is -3.66. The van der Waals surface area contributed by atoms with Crippen LogP contribution in [0.2, 0.25) is 0 Å². The number of nitrogens with one attached hydrogen (secondary N) is 1. The number of carbonyl (C=O) groups excluding carboxylic acids is 1. The highest BCUT2D eigenvalue weighted by molar-refractivity contribution is 7.89.